The number of aromatic nitrogens is 3. The highest BCUT2D eigenvalue weighted by molar-refractivity contribution is 5.75. The zero-order valence-electron chi connectivity index (χ0n) is 15.2. The van der Waals surface area contributed by atoms with E-state index in [9.17, 15) is 0 Å². The molecule has 2 aromatic rings. The van der Waals surface area contributed by atoms with Crippen LogP contribution in [0.15, 0.2) is 48.7 Å². The van der Waals surface area contributed by atoms with Crippen molar-refractivity contribution in [3.05, 3.63) is 48.7 Å². The number of para-hydroxylation sites is 1. The van der Waals surface area contributed by atoms with E-state index in [-0.39, 0.29) is 0 Å². The van der Waals surface area contributed by atoms with Crippen molar-refractivity contribution < 1.29 is 8.85 Å². The topological polar surface area (TPSA) is 67.2 Å². The van der Waals surface area contributed by atoms with Crippen LogP contribution in [0.3, 0.4) is 0 Å². The third-order valence-electron chi connectivity index (χ3n) is 3.10. The molecule has 7 heteroatoms. The van der Waals surface area contributed by atoms with Gasteiger partial charge in [0.25, 0.3) is 0 Å². The Morgan fingerprint density at radius 3 is 2.95 bits per heavy atom. The largest absolute Gasteiger partial charge is 0.494 e. The van der Waals surface area contributed by atoms with Crippen LogP contribution in [-0.2, 0) is 7.05 Å². The Kier molecular flexibility index (Phi) is 2.83. The predicted octanol–water partition coefficient (Wildman–Crippen LogP) is 1.71. The molecule has 2 heterocycles. The van der Waals surface area contributed by atoms with Crippen LogP contribution in [0.4, 0.5) is 5.69 Å². The number of allylic oxidation sites excluding steroid dienone is 1. The predicted molar refractivity (Wildman–Crippen MR) is 84.7 cm³/mol. The summed E-state index contributed by atoms with van der Waals surface area (Å²) in [4.78, 5) is 4.25. The van der Waals surface area contributed by atoms with Gasteiger partial charge in [0.15, 0.2) is 11.6 Å². The molecule has 0 fully saturated rings. The van der Waals surface area contributed by atoms with Gasteiger partial charge in [-0.15, -0.1) is 0 Å². The number of hydrogen-bond acceptors (Lipinski definition) is 6. The molecule has 0 radical (unpaired) electrons. The van der Waals surface area contributed by atoms with Crippen molar-refractivity contribution in [3.8, 4) is 17.1 Å². The maximum atomic E-state index is 7.36. The summed E-state index contributed by atoms with van der Waals surface area (Å²) in [6.07, 6.45) is 6.30. The van der Waals surface area contributed by atoms with Crippen molar-refractivity contribution in [1.29, 1.82) is 0 Å². The molecule has 0 amide bonds. The lowest BCUT2D eigenvalue weighted by Crippen LogP contribution is -2.28. The number of benzene rings is 1. The van der Waals surface area contributed by atoms with Gasteiger partial charge in [-0.1, -0.05) is 6.07 Å². The Balaban J connectivity index is 1.85. The van der Waals surface area contributed by atoms with Crippen LogP contribution >= 0.6 is 0 Å². The second-order valence-corrected chi connectivity index (χ2v) is 4.67. The molecule has 0 bridgehead atoms. The Hall–Kier alpha value is -2.96. The number of nitrogens with one attached hydrogen (secondary N) is 2. The fourth-order valence-corrected chi connectivity index (χ4v) is 2.11. The maximum Gasteiger partial charge on any atom is 0.184 e. The minimum Gasteiger partial charge on any atom is -0.494 e. The highest BCUT2D eigenvalue weighted by Gasteiger charge is 2.14. The summed E-state index contributed by atoms with van der Waals surface area (Å²) in [6, 6.07) is 5.60. The van der Waals surface area contributed by atoms with Crippen LogP contribution in [0.1, 0.15) is 4.11 Å². The first-order valence-electron chi connectivity index (χ1n) is 8.12. The first-order valence-corrected chi connectivity index (χ1v) is 6.62. The lowest BCUT2D eigenvalue weighted by molar-refractivity contribution is 0.380. The smallest absolute Gasteiger partial charge is 0.184 e. The molecule has 1 aliphatic heterocycles. The second-order valence-electron chi connectivity index (χ2n) is 4.67. The molecule has 1 aromatic carbocycles. The molecular formula is C15H18N6O. The van der Waals surface area contributed by atoms with Gasteiger partial charge >= 0.3 is 0 Å². The Labute approximate surface area is 133 Å². The SMILES string of the molecule is [2H]C([2H])([2H])N1C=CC(Nc2cccc(-c3ncn(C)n3)c2OC)=CN1. The molecule has 1 aliphatic rings. The summed E-state index contributed by atoms with van der Waals surface area (Å²) in [5.41, 5.74) is 4.86. The van der Waals surface area contributed by atoms with Gasteiger partial charge in [0, 0.05) is 30.5 Å². The molecule has 0 spiro atoms. The van der Waals surface area contributed by atoms with Gasteiger partial charge in [-0.25, -0.2) is 4.98 Å². The van der Waals surface area contributed by atoms with Gasteiger partial charge in [0.1, 0.15) is 6.33 Å². The first-order chi connectivity index (χ1) is 11.9. The fourth-order valence-electron chi connectivity index (χ4n) is 2.11. The molecular weight excluding hydrogens is 280 g/mol. The van der Waals surface area contributed by atoms with Gasteiger partial charge in [-0.2, -0.15) is 5.10 Å². The van der Waals surface area contributed by atoms with E-state index in [1.807, 2.05) is 18.2 Å². The minimum absolute atomic E-state index is 0.558. The van der Waals surface area contributed by atoms with E-state index in [0.29, 0.717) is 23.0 Å². The summed E-state index contributed by atoms with van der Waals surface area (Å²) in [5.74, 6) is 1.16. The summed E-state index contributed by atoms with van der Waals surface area (Å²) < 4.78 is 29.2. The lowest BCUT2D eigenvalue weighted by atomic mass is 10.1. The van der Waals surface area contributed by atoms with Gasteiger partial charge in [-0.05, 0) is 18.2 Å². The average Bonchev–Trinajstić information content (AvgIpc) is 3.00. The van der Waals surface area contributed by atoms with Crippen LogP contribution in [-0.4, -0.2) is 33.9 Å². The van der Waals surface area contributed by atoms with Crippen LogP contribution in [0.5, 0.6) is 5.75 Å². The minimum atomic E-state index is -2.25. The van der Waals surface area contributed by atoms with Crippen molar-refractivity contribution in [2.24, 2.45) is 7.05 Å². The second kappa shape index (κ2) is 5.80. The maximum absolute atomic E-state index is 7.36. The Morgan fingerprint density at radius 1 is 1.41 bits per heavy atom. The van der Waals surface area contributed by atoms with Crippen molar-refractivity contribution >= 4 is 5.69 Å². The van der Waals surface area contributed by atoms with Crippen molar-refractivity contribution in [3.63, 3.8) is 0 Å². The third kappa shape index (κ3) is 2.73. The van der Waals surface area contributed by atoms with E-state index in [0.717, 1.165) is 10.6 Å². The highest BCUT2D eigenvalue weighted by Crippen LogP contribution is 2.35. The summed E-state index contributed by atoms with van der Waals surface area (Å²) >= 11 is 0. The third-order valence-corrected chi connectivity index (χ3v) is 3.10. The van der Waals surface area contributed by atoms with Crippen LogP contribution in [0.25, 0.3) is 11.4 Å². The van der Waals surface area contributed by atoms with Crippen LogP contribution in [0, 0.1) is 0 Å². The molecule has 0 atom stereocenters. The molecule has 114 valence electrons. The number of nitrogens with zero attached hydrogens (tertiary/aromatic N) is 4. The zero-order chi connectivity index (χ0) is 18.0. The molecule has 7 nitrogen and oxygen atoms in total. The summed E-state index contributed by atoms with van der Waals surface area (Å²) in [5, 5.41) is 8.55. The van der Waals surface area contributed by atoms with Crippen LogP contribution < -0.4 is 15.5 Å². The van der Waals surface area contributed by atoms with Crippen LogP contribution in [0.2, 0.25) is 0 Å². The lowest BCUT2D eigenvalue weighted by Gasteiger charge is -2.21. The van der Waals surface area contributed by atoms with E-state index >= 15 is 0 Å². The molecule has 0 aliphatic carbocycles. The van der Waals surface area contributed by atoms with E-state index in [4.69, 9.17) is 8.85 Å². The normalized spacial score (nSPS) is 16.2. The molecule has 1 aromatic heterocycles. The van der Waals surface area contributed by atoms with Gasteiger partial charge in [-0.3, -0.25) is 9.69 Å². The van der Waals surface area contributed by atoms with E-state index in [1.165, 1.54) is 6.20 Å². The number of anilines is 1. The molecule has 2 N–H and O–H groups in total. The van der Waals surface area contributed by atoms with E-state index in [2.05, 4.69) is 20.8 Å². The van der Waals surface area contributed by atoms with Crippen molar-refractivity contribution in [2.45, 2.75) is 0 Å². The fraction of sp³-hybridized carbons (Fsp3) is 0.200. The van der Waals surface area contributed by atoms with E-state index in [1.54, 1.807) is 37.4 Å². The number of ether oxygens (including phenoxy) is 1. The Morgan fingerprint density at radius 2 is 2.32 bits per heavy atom. The molecule has 3 rings (SSSR count). The number of hydrazine groups is 1. The Bertz CT molecular complexity index is 827. The first kappa shape index (κ1) is 10.7. The van der Waals surface area contributed by atoms with Gasteiger partial charge in [0.2, 0.25) is 0 Å². The molecule has 22 heavy (non-hydrogen) atoms. The average molecular weight is 301 g/mol. The van der Waals surface area contributed by atoms with E-state index < -0.39 is 6.98 Å². The summed E-state index contributed by atoms with van der Waals surface area (Å²) in [7, 11) is 3.37. The number of rotatable bonds is 4. The molecule has 0 unspecified atom stereocenters. The number of hydrogen-bond donors (Lipinski definition) is 2. The molecule has 0 saturated carbocycles. The standard InChI is InChI=1S/C15H18N6O/c1-20-8-7-11(9-17-20)18-13-6-4-5-12(14(13)22-3)15-16-10-21(2)19-15/h4-10,17-18H,1-3H3/i1D3. The monoisotopic (exact) mass is 301 g/mol. The quantitative estimate of drug-likeness (QED) is 0.896. The number of methoxy groups -OCH3 is 1. The zero-order valence-corrected chi connectivity index (χ0v) is 12.2. The van der Waals surface area contributed by atoms with Gasteiger partial charge in [0.05, 0.1) is 24.1 Å². The summed E-state index contributed by atoms with van der Waals surface area (Å²) in [6.45, 7) is -2.25. The number of aryl methyl sites for hydroxylation is 1. The molecule has 0 saturated heterocycles. The van der Waals surface area contributed by atoms with Crippen molar-refractivity contribution in [1.82, 2.24) is 25.2 Å². The van der Waals surface area contributed by atoms with Crippen molar-refractivity contribution in [2.75, 3.05) is 19.4 Å². The van der Waals surface area contributed by atoms with Gasteiger partial charge < -0.3 is 15.5 Å². The highest BCUT2D eigenvalue weighted by atomic mass is 16.5.